The summed E-state index contributed by atoms with van der Waals surface area (Å²) < 4.78 is 22.7. The van der Waals surface area contributed by atoms with E-state index in [4.69, 9.17) is 0 Å². The average Bonchev–Trinajstić information content (AvgIpc) is 2.40. The zero-order valence-corrected chi connectivity index (χ0v) is 17.3. The van der Waals surface area contributed by atoms with Crippen LogP contribution in [0.1, 0.15) is 27.7 Å². The van der Waals surface area contributed by atoms with E-state index in [1.807, 2.05) is 6.92 Å². The lowest BCUT2D eigenvalue weighted by Crippen LogP contribution is -2.45. The van der Waals surface area contributed by atoms with E-state index in [-0.39, 0.29) is 35.5 Å². The molecule has 22 heavy (non-hydrogen) atoms. The van der Waals surface area contributed by atoms with Gasteiger partial charge in [0.25, 0.3) is 0 Å². The number of aliphatic imine (C=N–C) groups is 1. The van der Waals surface area contributed by atoms with Gasteiger partial charge in [0.1, 0.15) is 0 Å². The fourth-order valence-corrected chi connectivity index (χ4v) is 3.26. The molecule has 0 spiro atoms. The Morgan fingerprint density at radius 1 is 1.23 bits per heavy atom. The molecule has 1 rings (SSSR count). The second-order valence-electron chi connectivity index (χ2n) is 5.93. The van der Waals surface area contributed by atoms with Crippen LogP contribution >= 0.6 is 24.0 Å². The molecule has 0 amide bonds. The van der Waals surface area contributed by atoms with Gasteiger partial charge in [-0.1, -0.05) is 13.8 Å². The summed E-state index contributed by atoms with van der Waals surface area (Å²) in [7, 11) is -2.79. The number of sulfone groups is 1. The molecule has 0 aromatic rings. The molecule has 0 aliphatic carbocycles. The van der Waals surface area contributed by atoms with Gasteiger partial charge in [0.2, 0.25) is 0 Å². The second kappa shape index (κ2) is 10.6. The number of nitrogens with one attached hydrogen (secondary N) is 2. The predicted molar refractivity (Wildman–Crippen MR) is 104 cm³/mol. The Labute approximate surface area is 152 Å². The summed E-state index contributed by atoms with van der Waals surface area (Å²) in [6.07, 6.45) is 0. The normalized spacial score (nSPS) is 20.3. The maximum Gasteiger partial charge on any atom is 0.191 e. The van der Waals surface area contributed by atoms with Crippen LogP contribution in [0.15, 0.2) is 4.99 Å². The highest BCUT2D eigenvalue weighted by Crippen LogP contribution is 2.03. The summed E-state index contributed by atoms with van der Waals surface area (Å²) in [6, 6.07) is 0.364. The molecule has 1 fully saturated rings. The van der Waals surface area contributed by atoms with Crippen molar-refractivity contribution in [3.63, 3.8) is 0 Å². The van der Waals surface area contributed by atoms with Gasteiger partial charge >= 0.3 is 0 Å². The lowest BCUT2D eigenvalue weighted by Gasteiger charge is -2.26. The fraction of sp³-hybridized carbons (Fsp3) is 0.929. The van der Waals surface area contributed by atoms with Crippen LogP contribution in [0.4, 0.5) is 0 Å². The van der Waals surface area contributed by atoms with Crippen LogP contribution in [-0.2, 0) is 9.84 Å². The van der Waals surface area contributed by atoms with Crippen LogP contribution in [0.3, 0.4) is 0 Å². The molecule has 1 atom stereocenters. The Kier molecular flexibility index (Phi) is 10.6. The van der Waals surface area contributed by atoms with Crippen molar-refractivity contribution in [2.24, 2.45) is 10.9 Å². The van der Waals surface area contributed by atoms with Crippen molar-refractivity contribution < 1.29 is 8.42 Å². The van der Waals surface area contributed by atoms with E-state index in [0.717, 1.165) is 19.0 Å². The Hall–Kier alpha value is -0.0900. The van der Waals surface area contributed by atoms with E-state index in [0.29, 0.717) is 31.6 Å². The van der Waals surface area contributed by atoms with Gasteiger partial charge in [-0.15, -0.1) is 24.0 Å². The number of guanidine groups is 1. The topological polar surface area (TPSA) is 73.8 Å². The van der Waals surface area contributed by atoms with E-state index >= 15 is 0 Å². The minimum Gasteiger partial charge on any atom is -0.357 e. The molecule has 6 nitrogen and oxygen atoms in total. The average molecular weight is 446 g/mol. The third-order valence-corrected chi connectivity index (χ3v) is 5.44. The summed E-state index contributed by atoms with van der Waals surface area (Å²) in [5.74, 6) is 1.93. The van der Waals surface area contributed by atoms with Crippen molar-refractivity contribution in [1.82, 2.24) is 15.5 Å². The smallest absolute Gasteiger partial charge is 0.191 e. The molecule has 8 heteroatoms. The molecular weight excluding hydrogens is 415 g/mol. The van der Waals surface area contributed by atoms with Gasteiger partial charge in [-0.2, -0.15) is 0 Å². The maximum absolute atomic E-state index is 11.4. The molecule has 0 radical (unpaired) electrons. The molecule has 0 aromatic heterocycles. The van der Waals surface area contributed by atoms with E-state index in [1.165, 1.54) is 0 Å². The molecule has 1 heterocycles. The second-order valence-corrected chi connectivity index (χ2v) is 8.23. The third kappa shape index (κ3) is 8.52. The van der Waals surface area contributed by atoms with Gasteiger partial charge in [0.05, 0.1) is 18.1 Å². The van der Waals surface area contributed by atoms with E-state index in [2.05, 4.69) is 41.3 Å². The minimum atomic E-state index is -2.79. The number of nitrogens with zero attached hydrogens (tertiary/aromatic N) is 2. The van der Waals surface area contributed by atoms with Gasteiger partial charge in [-0.25, -0.2) is 8.42 Å². The summed E-state index contributed by atoms with van der Waals surface area (Å²) >= 11 is 0. The molecule has 2 N–H and O–H groups in total. The molecule has 1 saturated heterocycles. The standard InChI is InChI=1S/C14H30N4O2S.HI/c1-5-15-14(17-13(4)12(2)3)16-6-7-18-8-10-21(19,20)11-9-18;/h12-13H,5-11H2,1-4H3,(H2,15,16,17);1H. The summed E-state index contributed by atoms with van der Waals surface area (Å²) in [4.78, 5) is 6.74. The Bertz CT molecular complexity index is 426. The first-order chi connectivity index (χ1) is 9.84. The maximum atomic E-state index is 11.4. The molecule has 0 saturated carbocycles. The highest BCUT2D eigenvalue weighted by Gasteiger charge is 2.20. The third-order valence-electron chi connectivity index (χ3n) is 3.83. The van der Waals surface area contributed by atoms with Crippen LogP contribution < -0.4 is 10.6 Å². The van der Waals surface area contributed by atoms with Crippen molar-refractivity contribution >= 4 is 39.8 Å². The molecule has 1 aliphatic heterocycles. The zero-order chi connectivity index (χ0) is 15.9. The van der Waals surface area contributed by atoms with Crippen molar-refractivity contribution in [2.75, 3.05) is 44.2 Å². The van der Waals surface area contributed by atoms with Gasteiger partial charge < -0.3 is 10.6 Å². The van der Waals surface area contributed by atoms with Gasteiger partial charge in [0, 0.05) is 32.2 Å². The monoisotopic (exact) mass is 446 g/mol. The quantitative estimate of drug-likeness (QED) is 0.361. The fourth-order valence-electron chi connectivity index (χ4n) is 1.98. The lowest BCUT2D eigenvalue weighted by atomic mass is 10.1. The van der Waals surface area contributed by atoms with Crippen molar-refractivity contribution in [3.8, 4) is 0 Å². The van der Waals surface area contributed by atoms with Crippen LogP contribution in [0, 0.1) is 5.92 Å². The molecule has 132 valence electrons. The summed E-state index contributed by atoms with van der Waals surface area (Å²) in [5, 5.41) is 6.64. The molecule has 0 aromatic carbocycles. The largest absolute Gasteiger partial charge is 0.357 e. The summed E-state index contributed by atoms with van der Waals surface area (Å²) in [6.45, 7) is 12.1. The minimum absolute atomic E-state index is 0. The van der Waals surface area contributed by atoms with Crippen molar-refractivity contribution in [3.05, 3.63) is 0 Å². The first kappa shape index (κ1) is 21.9. The first-order valence-corrected chi connectivity index (χ1v) is 9.64. The van der Waals surface area contributed by atoms with E-state index in [1.54, 1.807) is 0 Å². The van der Waals surface area contributed by atoms with Crippen LogP contribution in [0.5, 0.6) is 0 Å². The molecule has 0 bridgehead atoms. The molecular formula is C14H31IN4O2S. The van der Waals surface area contributed by atoms with Crippen LogP contribution in [-0.4, -0.2) is 69.5 Å². The van der Waals surface area contributed by atoms with E-state index < -0.39 is 9.84 Å². The van der Waals surface area contributed by atoms with Crippen molar-refractivity contribution in [2.45, 2.75) is 33.7 Å². The predicted octanol–water partition coefficient (Wildman–Crippen LogP) is 0.934. The van der Waals surface area contributed by atoms with Crippen LogP contribution in [0.25, 0.3) is 0 Å². The van der Waals surface area contributed by atoms with Crippen LogP contribution in [0.2, 0.25) is 0 Å². The highest BCUT2D eigenvalue weighted by atomic mass is 127. The molecule has 1 unspecified atom stereocenters. The molecule has 1 aliphatic rings. The SMILES string of the molecule is CCNC(=NCCN1CCS(=O)(=O)CC1)NC(C)C(C)C.I. The highest BCUT2D eigenvalue weighted by molar-refractivity contribution is 14.0. The zero-order valence-electron chi connectivity index (χ0n) is 14.1. The summed E-state index contributed by atoms with van der Waals surface area (Å²) in [5.41, 5.74) is 0. The van der Waals surface area contributed by atoms with Crippen molar-refractivity contribution in [1.29, 1.82) is 0 Å². The lowest BCUT2D eigenvalue weighted by molar-refractivity contribution is 0.304. The number of hydrogen-bond acceptors (Lipinski definition) is 4. The van der Waals surface area contributed by atoms with Gasteiger partial charge in [-0.3, -0.25) is 9.89 Å². The number of halogens is 1. The number of rotatable bonds is 6. The Balaban J connectivity index is 0.00000441. The number of hydrogen-bond donors (Lipinski definition) is 2. The van der Waals surface area contributed by atoms with Gasteiger partial charge in [0.15, 0.2) is 15.8 Å². The Morgan fingerprint density at radius 2 is 1.82 bits per heavy atom. The first-order valence-electron chi connectivity index (χ1n) is 7.81. The van der Waals surface area contributed by atoms with E-state index in [9.17, 15) is 8.42 Å². The van der Waals surface area contributed by atoms with Gasteiger partial charge in [-0.05, 0) is 19.8 Å². The Morgan fingerprint density at radius 3 is 2.32 bits per heavy atom.